The molecule has 0 aliphatic heterocycles. The quantitative estimate of drug-likeness (QED) is 0.349. The smallest absolute Gasteiger partial charge is 0.550 e. The molecule has 0 amide bonds. The van der Waals surface area contributed by atoms with Gasteiger partial charge in [0.15, 0.2) is 0 Å². The first-order valence-corrected chi connectivity index (χ1v) is 3.09. The Labute approximate surface area is 162 Å². The van der Waals surface area contributed by atoms with E-state index in [1.54, 1.807) is 0 Å². The zero-order valence-electron chi connectivity index (χ0n) is 7.91. The Hall–Kier alpha value is 1.95. The largest absolute Gasteiger partial charge is 1.00 e. The third kappa shape index (κ3) is 11.9. The number of carboxylic acid groups (broad SMARTS) is 2. The average Bonchev–Trinajstić information content (AvgIpc) is 1.86. The molecule has 0 heterocycles. The Morgan fingerprint density at radius 3 is 2.00 bits per heavy atom. The van der Waals surface area contributed by atoms with E-state index in [-0.39, 0.29) is 109 Å². The summed E-state index contributed by atoms with van der Waals surface area (Å²) in [7, 11) is 0. The van der Waals surface area contributed by atoms with E-state index in [0.717, 1.165) is 0 Å². The van der Waals surface area contributed by atoms with Crippen LogP contribution in [-0.2, 0) is 9.59 Å². The van der Waals surface area contributed by atoms with Crippen molar-refractivity contribution in [1.29, 1.82) is 0 Å². The summed E-state index contributed by atoms with van der Waals surface area (Å²) in [6, 6.07) is 0. The summed E-state index contributed by atoms with van der Waals surface area (Å²) in [5.74, 6) is -3.78. The van der Waals surface area contributed by atoms with E-state index in [2.05, 4.69) is 6.58 Å². The zero-order chi connectivity index (χ0) is 8.85. The molecule has 0 radical (unpaired) electrons. The molecule has 62 valence electrons. The molecule has 0 aromatic carbocycles. The van der Waals surface area contributed by atoms with Gasteiger partial charge in [0.05, 0.1) is 0 Å². The van der Waals surface area contributed by atoms with Gasteiger partial charge in [0.25, 0.3) is 0 Å². The summed E-state index contributed by atoms with van der Waals surface area (Å²) in [6.07, 6.45) is 0.911. The molecule has 13 heavy (non-hydrogen) atoms. The van der Waals surface area contributed by atoms with Crippen LogP contribution in [0.15, 0.2) is 12.7 Å². The minimum atomic E-state index is -1.39. The molecule has 0 saturated heterocycles. The molecule has 0 aromatic heterocycles. The van der Waals surface area contributed by atoms with Crippen LogP contribution in [-0.4, -0.2) is 11.9 Å². The minimum absolute atomic E-state index is 0. The molecule has 6 heteroatoms. The molecule has 0 spiro atoms. The second-order valence-corrected chi connectivity index (χ2v) is 2.12. The van der Waals surface area contributed by atoms with Crippen molar-refractivity contribution in [3.63, 3.8) is 0 Å². The fourth-order valence-corrected chi connectivity index (χ4v) is 0.665. The van der Waals surface area contributed by atoms with Crippen molar-refractivity contribution in [2.45, 2.75) is 12.8 Å². The van der Waals surface area contributed by atoms with Crippen molar-refractivity contribution in [3.05, 3.63) is 12.7 Å². The predicted molar refractivity (Wildman–Crippen MR) is 32.9 cm³/mol. The van der Waals surface area contributed by atoms with Gasteiger partial charge in [-0.3, -0.25) is 0 Å². The number of carbonyl (C=O) groups is 2. The van der Waals surface area contributed by atoms with Crippen LogP contribution in [0.4, 0.5) is 0 Å². The molecule has 0 aliphatic rings. The van der Waals surface area contributed by atoms with E-state index in [1.807, 2.05) is 0 Å². The minimum Gasteiger partial charge on any atom is -0.550 e. The van der Waals surface area contributed by atoms with Crippen LogP contribution in [0.5, 0.6) is 0 Å². The molecule has 0 saturated carbocycles. The first kappa shape index (κ1) is 20.4. The van der Waals surface area contributed by atoms with Crippen LogP contribution < -0.4 is 113 Å². The monoisotopic (exact) mass is 234 g/mol. The Morgan fingerprint density at radius 2 is 1.77 bits per heavy atom. The van der Waals surface area contributed by atoms with Gasteiger partial charge >= 0.3 is 103 Å². The molecule has 1 atom stereocenters. The predicted octanol–water partition coefficient (Wildman–Crippen LogP) is -7.92. The van der Waals surface area contributed by atoms with Gasteiger partial charge < -0.3 is 19.8 Å². The average molecular weight is 234 g/mol. The van der Waals surface area contributed by atoms with Crippen molar-refractivity contribution in [2.24, 2.45) is 5.92 Å². The maximum absolute atomic E-state index is 10.2. The number of aliphatic carboxylic acids is 2. The van der Waals surface area contributed by atoms with Crippen molar-refractivity contribution >= 4 is 11.9 Å². The first-order valence-electron chi connectivity index (χ1n) is 3.09. The number of carbonyl (C=O) groups excluding carboxylic acids is 2. The van der Waals surface area contributed by atoms with E-state index in [9.17, 15) is 19.8 Å². The number of carboxylic acids is 2. The fraction of sp³-hybridized carbons (Fsp3) is 0.429. The normalized spacial score (nSPS) is 10.2. The summed E-state index contributed by atoms with van der Waals surface area (Å²) in [5.41, 5.74) is 0. The number of hydrogen-bond donors (Lipinski definition) is 0. The van der Waals surface area contributed by atoms with Gasteiger partial charge in [-0.25, -0.2) is 0 Å². The van der Waals surface area contributed by atoms with Crippen LogP contribution >= 0.6 is 0 Å². The van der Waals surface area contributed by atoms with Crippen LogP contribution in [0.3, 0.4) is 0 Å². The van der Waals surface area contributed by atoms with Gasteiger partial charge in [-0.15, -0.1) is 6.58 Å². The van der Waals surface area contributed by atoms with Gasteiger partial charge in [-0.2, -0.15) is 0 Å². The molecular formula is C7H8K2O4. The summed E-state index contributed by atoms with van der Waals surface area (Å²) in [5, 5.41) is 20.1. The van der Waals surface area contributed by atoms with Gasteiger partial charge in [0.1, 0.15) is 0 Å². The maximum atomic E-state index is 10.2. The van der Waals surface area contributed by atoms with Gasteiger partial charge in [0, 0.05) is 17.9 Å². The first-order chi connectivity index (χ1) is 5.07. The molecule has 0 aliphatic carbocycles. The molecule has 0 fully saturated rings. The molecular weight excluding hydrogens is 226 g/mol. The Bertz CT molecular complexity index is 181. The third-order valence-electron chi connectivity index (χ3n) is 1.20. The maximum Gasteiger partial charge on any atom is 1.00 e. The SMILES string of the molecule is C=CCC(CC(=O)[O-])C(=O)[O-].[K+].[K+]. The van der Waals surface area contributed by atoms with Crippen molar-refractivity contribution in [3.8, 4) is 0 Å². The zero-order valence-corrected chi connectivity index (χ0v) is 14.2. The second-order valence-electron chi connectivity index (χ2n) is 2.12. The van der Waals surface area contributed by atoms with E-state index >= 15 is 0 Å². The Kier molecular flexibility index (Phi) is 18.8. The van der Waals surface area contributed by atoms with E-state index in [4.69, 9.17) is 0 Å². The summed E-state index contributed by atoms with van der Waals surface area (Å²) in [4.78, 5) is 20.1. The van der Waals surface area contributed by atoms with Crippen LogP contribution in [0.25, 0.3) is 0 Å². The Morgan fingerprint density at radius 1 is 1.31 bits per heavy atom. The van der Waals surface area contributed by atoms with Gasteiger partial charge in [-0.1, -0.05) is 6.08 Å². The Balaban J connectivity index is -0.000000500. The number of rotatable bonds is 5. The fourth-order valence-electron chi connectivity index (χ4n) is 0.665. The van der Waals surface area contributed by atoms with Gasteiger partial charge in [0.2, 0.25) is 0 Å². The summed E-state index contributed by atoms with van der Waals surface area (Å²) in [6.45, 7) is 3.29. The number of allylic oxidation sites excluding steroid dienone is 1. The van der Waals surface area contributed by atoms with Gasteiger partial charge in [-0.05, 0) is 12.8 Å². The molecule has 0 bridgehead atoms. The molecule has 0 rings (SSSR count). The summed E-state index contributed by atoms with van der Waals surface area (Å²) >= 11 is 0. The third-order valence-corrected chi connectivity index (χ3v) is 1.20. The standard InChI is InChI=1S/C7H10O4.2K/c1-2-3-5(7(10)11)4-6(8)9;;/h2,5H,1,3-4H2,(H,8,9)(H,10,11);;/q;2*+1/p-2. The molecule has 0 N–H and O–H groups in total. The van der Waals surface area contributed by atoms with Crippen molar-refractivity contribution in [1.82, 2.24) is 0 Å². The van der Waals surface area contributed by atoms with E-state index in [1.165, 1.54) is 6.08 Å². The van der Waals surface area contributed by atoms with Crippen molar-refractivity contribution < 1.29 is 123 Å². The van der Waals surface area contributed by atoms with Crippen LogP contribution in [0, 0.1) is 5.92 Å². The topological polar surface area (TPSA) is 80.3 Å². The van der Waals surface area contributed by atoms with Crippen molar-refractivity contribution in [2.75, 3.05) is 0 Å². The van der Waals surface area contributed by atoms with Crippen LogP contribution in [0.2, 0.25) is 0 Å². The number of hydrogen-bond acceptors (Lipinski definition) is 4. The van der Waals surface area contributed by atoms with E-state index < -0.39 is 24.3 Å². The van der Waals surface area contributed by atoms with Crippen LogP contribution in [0.1, 0.15) is 12.8 Å². The second kappa shape index (κ2) is 12.0. The molecule has 1 unspecified atom stereocenters. The molecule has 4 nitrogen and oxygen atoms in total. The molecule has 0 aromatic rings. The summed E-state index contributed by atoms with van der Waals surface area (Å²) < 4.78 is 0. The van der Waals surface area contributed by atoms with E-state index in [0.29, 0.717) is 0 Å².